The maximum atomic E-state index is 13.1. The molecule has 0 spiro atoms. The van der Waals surface area contributed by atoms with Crippen LogP contribution in [-0.2, 0) is 14.4 Å². The van der Waals surface area contributed by atoms with E-state index >= 15 is 0 Å². The first kappa shape index (κ1) is 23.6. The van der Waals surface area contributed by atoms with Gasteiger partial charge in [-0.3, -0.25) is 14.4 Å². The molecule has 0 unspecified atom stereocenters. The highest BCUT2D eigenvalue weighted by Crippen LogP contribution is 2.44. The molecule has 2 N–H and O–H groups in total. The quantitative estimate of drug-likeness (QED) is 0.336. The highest BCUT2D eigenvalue weighted by Gasteiger charge is 2.47. The zero-order chi connectivity index (χ0) is 24.1. The van der Waals surface area contributed by atoms with Crippen LogP contribution >= 0.6 is 0 Å². The van der Waals surface area contributed by atoms with Crippen LogP contribution in [0.3, 0.4) is 0 Å². The number of aliphatic hydroxyl groups excluding tert-OH is 1. The number of carbonyl (C=O) groups excluding carboxylic acids is 2. The number of hydrogen-bond acceptors (Lipinski definition) is 7. The third-order valence-corrected chi connectivity index (χ3v) is 5.42. The van der Waals surface area contributed by atoms with Crippen molar-refractivity contribution in [3.05, 3.63) is 59.2 Å². The maximum absolute atomic E-state index is 13.1. The molecule has 0 bridgehead atoms. The Morgan fingerprint density at radius 3 is 2.15 bits per heavy atom. The van der Waals surface area contributed by atoms with Crippen LogP contribution in [0.4, 0.5) is 0 Å². The SMILES string of the molecule is COc1ccc(C(O)=C2C(=O)C(=O)N(CCCC(=O)O)[C@H]2c2cc(OC)ccc2OC)cc1. The first-order valence-corrected chi connectivity index (χ1v) is 10.2. The second kappa shape index (κ2) is 10.1. The zero-order valence-electron chi connectivity index (χ0n) is 18.5. The average Bonchev–Trinajstić information content (AvgIpc) is 3.07. The highest BCUT2D eigenvalue weighted by molar-refractivity contribution is 6.46. The monoisotopic (exact) mass is 455 g/mol. The van der Waals surface area contributed by atoms with Crippen molar-refractivity contribution in [1.29, 1.82) is 0 Å². The van der Waals surface area contributed by atoms with Gasteiger partial charge in [0.2, 0.25) is 0 Å². The van der Waals surface area contributed by atoms with Crippen molar-refractivity contribution < 1.29 is 38.8 Å². The lowest BCUT2D eigenvalue weighted by molar-refractivity contribution is -0.140. The molecule has 1 fully saturated rings. The van der Waals surface area contributed by atoms with E-state index in [9.17, 15) is 19.5 Å². The number of methoxy groups -OCH3 is 3. The van der Waals surface area contributed by atoms with Crippen LogP contribution in [0.15, 0.2) is 48.0 Å². The van der Waals surface area contributed by atoms with Crippen LogP contribution < -0.4 is 14.2 Å². The van der Waals surface area contributed by atoms with Gasteiger partial charge in [0.1, 0.15) is 23.0 Å². The predicted molar refractivity (Wildman–Crippen MR) is 118 cm³/mol. The number of benzene rings is 2. The number of aliphatic carboxylic acids is 1. The molecule has 9 nitrogen and oxygen atoms in total. The number of rotatable bonds is 9. The third-order valence-electron chi connectivity index (χ3n) is 5.42. The molecule has 0 radical (unpaired) electrons. The second-order valence-electron chi connectivity index (χ2n) is 7.33. The summed E-state index contributed by atoms with van der Waals surface area (Å²) in [4.78, 5) is 38.3. The first-order valence-electron chi connectivity index (χ1n) is 10.2. The maximum Gasteiger partial charge on any atom is 0.303 e. The summed E-state index contributed by atoms with van der Waals surface area (Å²) in [5, 5.41) is 20.1. The van der Waals surface area contributed by atoms with Crippen LogP contribution in [0.1, 0.15) is 30.0 Å². The van der Waals surface area contributed by atoms with Crippen molar-refractivity contribution in [2.45, 2.75) is 18.9 Å². The van der Waals surface area contributed by atoms with Gasteiger partial charge in [0.15, 0.2) is 0 Å². The van der Waals surface area contributed by atoms with Gasteiger partial charge in [0.25, 0.3) is 11.7 Å². The Morgan fingerprint density at radius 1 is 0.939 bits per heavy atom. The molecule has 1 aliphatic rings. The molecule has 3 rings (SSSR count). The lowest BCUT2D eigenvalue weighted by atomic mass is 9.94. The standard InChI is InChI=1S/C24H25NO8/c1-31-15-8-6-14(7-9-15)22(28)20-21(17-13-16(32-2)10-11-18(17)33-3)25(24(30)23(20)29)12-4-5-19(26)27/h6-11,13,21,28H,4-5,12H2,1-3H3,(H,26,27)/t21-/m0/s1. The van der Waals surface area contributed by atoms with Gasteiger partial charge in [-0.25, -0.2) is 0 Å². The molecule has 1 atom stereocenters. The van der Waals surface area contributed by atoms with Crippen molar-refractivity contribution in [3.8, 4) is 17.2 Å². The van der Waals surface area contributed by atoms with Crippen LogP contribution in [-0.4, -0.2) is 60.6 Å². The van der Waals surface area contributed by atoms with E-state index in [1.165, 1.54) is 26.2 Å². The average molecular weight is 455 g/mol. The number of carboxylic acids is 1. The van der Waals surface area contributed by atoms with Gasteiger partial charge in [0.05, 0.1) is 32.9 Å². The minimum Gasteiger partial charge on any atom is -0.507 e. The predicted octanol–water partition coefficient (Wildman–Crippen LogP) is 3.00. The summed E-state index contributed by atoms with van der Waals surface area (Å²) in [6.07, 6.45) is -0.0445. The Hall–Kier alpha value is -4.01. The number of aliphatic hydroxyl groups is 1. The summed E-state index contributed by atoms with van der Waals surface area (Å²) in [6, 6.07) is 10.3. The fourth-order valence-electron chi connectivity index (χ4n) is 3.79. The van der Waals surface area contributed by atoms with Gasteiger partial charge in [-0.2, -0.15) is 0 Å². The number of ether oxygens (including phenoxy) is 3. The molecule has 174 valence electrons. The normalized spacial score (nSPS) is 17.2. The molecule has 1 amide bonds. The van der Waals surface area contributed by atoms with E-state index < -0.39 is 23.7 Å². The highest BCUT2D eigenvalue weighted by atomic mass is 16.5. The number of carboxylic acid groups (broad SMARTS) is 1. The summed E-state index contributed by atoms with van der Waals surface area (Å²) >= 11 is 0. The van der Waals surface area contributed by atoms with Crippen LogP contribution in [0.25, 0.3) is 5.76 Å². The minimum atomic E-state index is -1.01. The van der Waals surface area contributed by atoms with Crippen molar-refractivity contribution in [3.63, 3.8) is 0 Å². The lowest BCUT2D eigenvalue weighted by Crippen LogP contribution is -2.31. The number of likely N-dealkylation sites (tertiary alicyclic amines) is 1. The number of amides is 1. The Bertz CT molecular complexity index is 1090. The van der Waals surface area contributed by atoms with Crippen LogP contribution in [0.5, 0.6) is 17.2 Å². The summed E-state index contributed by atoms with van der Waals surface area (Å²) in [6.45, 7) is 0.00129. The molecule has 2 aromatic carbocycles. The summed E-state index contributed by atoms with van der Waals surface area (Å²) in [5.41, 5.74) is 0.639. The van der Waals surface area contributed by atoms with Crippen molar-refractivity contribution >= 4 is 23.4 Å². The molecule has 33 heavy (non-hydrogen) atoms. The number of hydrogen-bond donors (Lipinski definition) is 2. The van der Waals surface area contributed by atoms with E-state index in [2.05, 4.69) is 0 Å². The van der Waals surface area contributed by atoms with Gasteiger partial charge in [-0.1, -0.05) is 0 Å². The molecule has 9 heteroatoms. The zero-order valence-corrected chi connectivity index (χ0v) is 18.5. The summed E-state index contributed by atoms with van der Waals surface area (Å²) < 4.78 is 15.9. The van der Waals surface area contributed by atoms with E-state index in [4.69, 9.17) is 19.3 Å². The number of nitrogens with zero attached hydrogens (tertiary/aromatic N) is 1. The number of Topliss-reactive ketones (excluding diaryl/α,β-unsaturated/α-hetero) is 1. The van der Waals surface area contributed by atoms with Crippen molar-refractivity contribution in [2.24, 2.45) is 0 Å². The molecule has 1 aliphatic heterocycles. The van der Waals surface area contributed by atoms with Gasteiger partial charge >= 0.3 is 5.97 Å². The Labute approximate surface area is 190 Å². The van der Waals surface area contributed by atoms with Gasteiger partial charge < -0.3 is 29.3 Å². The van der Waals surface area contributed by atoms with Gasteiger partial charge in [-0.05, 0) is 48.9 Å². The molecular formula is C24H25NO8. The van der Waals surface area contributed by atoms with E-state index in [1.807, 2.05) is 0 Å². The van der Waals surface area contributed by atoms with Crippen LogP contribution in [0.2, 0.25) is 0 Å². The molecular weight excluding hydrogens is 430 g/mol. The van der Waals surface area contributed by atoms with E-state index in [1.54, 1.807) is 42.5 Å². The smallest absolute Gasteiger partial charge is 0.303 e. The third kappa shape index (κ3) is 4.77. The molecule has 1 saturated heterocycles. The molecule has 2 aromatic rings. The number of carbonyl (C=O) groups is 3. The lowest BCUT2D eigenvalue weighted by Gasteiger charge is -2.26. The fraction of sp³-hybridized carbons (Fsp3) is 0.292. The Balaban J connectivity index is 2.18. The topological polar surface area (TPSA) is 123 Å². The Kier molecular flexibility index (Phi) is 7.22. The minimum absolute atomic E-state index is 0.00129. The van der Waals surface area contributed by atoms with E-state index in [0.29, 0.717) is 28.4 Å². The molecule has 1 heterocycles. The second-order valence-corrected chi connectivity index (χ2v) is 7.33. The van der Waals surface area contributed by atoms with Crippen LogP contribution in [0, 0.1) is 0 Å². The summed E-state index contributed by atoms with van der Waals surface area (Å²) in [7, 11) is 4.44. The summed E-state index contributed by atoms with van der Waals surface area (Å²) in [5.74, 6) is -1.66. The Morgan fingerprint density at radius 2 is 1.58 bits per heavy atom. The van der Waals surface area contributed by atoms with Gasteiger partial charge in [0, 0.05) is 24.1 Å². The molecule has 0 aliphatic carbocycles. The molecule has 0 aromatic heterocycles. The molecule has 0 saturated carbocycles. The van der Waals surface area contributed by atoms with Gasteiger partial charge in [-0.15, -0.1) is 0 Å². The van der Waals surface area contributed by atoms with Crippen molar-refractivity contribution in [2.75, 3.05) is 27.9 Å². The first-order chi connectivity index (χ1) is 15.8. The van der Waals surface area contributed by atoms with E-state index in [0.717, 1.165) is 0 Å². The number of ketones is 1. The van der Waals surface area contributed by atoms with Crippen molar-refractivity contribution in [1.82, 2.24) is 4.90 Å². The fourth-order valence-corrected chi connectivity index (χ4v) is 3.79. The largest absolute Gasteiger partial charge is 0.507 e. The van der Waals surface area contributed by atoms with E-state index in [-0.39, 0.29) is 30.7 Å².